The van der Waals surface area contributed by atoms with Crippen molar-refractivity contribution in [3.63, 3.8) is 0 Å². The van der Waals surface area contributed by atoms with Crippen LogP contribution in [0.5, 0.6) is 0 Å². The second kappa shape index (κ2) is 8.41. The Bertz CT molecular complexity index is 1060. The van der Waals surface area contributed by atoms with Crippen molar-refractivity contribution in [2.45, 2.75) is 25.9 Å². The van der Waals surface area contributed by atoms with Gasteiger partial charge in [-0.1, -0.05) is 30.3 Å². The largest absolute Gasteiger partial charge is 0.376 e. The zero-order valence-corrected chi connectivity index (χ0v) is 16.3. The number of fused-ring (bicyclic) bond motifs is 1. The molecule has 0 radical (unpaired) electrons. The third-order valence-electron chi connectivity index (χ3n) is 5.02. The first-order valence-electron chi connectivity index (χ1n) is 9.78. The molecule has 1 atom stereocenters. The molecule has 2 heterocycles. The first kappa shape index (κ1) is 19.1. The summed E-state index contributed by atoms with van der Waals surface area (Å²) in [5.41, 5.74) is 2.95. The van der Waals surface area contributed by atoms with Gasteiger partial charge in [-0.15, -0.1) is 0 Å². The molecule has 2 amide bonds. The van der Waals surface area contributed by atoms with Crippen molar-refractivity contribution >= 4 is 28.4 Å². The van der Waals surface area contributed by atoms with Gasteiger partial charge in [0.05, 0.1) is 28.4 Å². The van der Waals surface area contributed by atoms with E-state index in [9.17, 15) is 9.59 Å². The highest BCUT2D eigenvalue weighted by Gasteiger charge is 2.19. The van der Waals surface area contributed by atoms with Crippen LogP contribution in [0.25, 0.3) is 10.9 Å². The van der Waals surface area contributed by atoms with E-state index in [0.29, 0.717) is 23.4 Å². The Balaban J connectivity index is 1.55. The fourth-order valence-corrected chi connectivity index (χ4v) is 3.58. The van der Waals surface area contributed by atoms with Gasteiger partial charge in [0.15, 0.2) is 0 Å². The predicted molar refractivity (Wildman–Crippen MR) is 112 cm³/mol. The predicted octanol–water partition coefficient (Wildman–Crippen LogP) is 3.70. The van der Waals surface area contributed by atoms with Gasteiger partial charge in [-0.3, -0.25) is 14.6 Å². The first-order chi connectivity index (χ1) is 14.1. The molecule has 3 aromatic rings. The number of para-hydroxylation sites is 2. The molecule has 1 unspecified atom stereocenters. The van der Waals surface area contributed by atoms with Crippen LogP contribution >= 0.6 is 0 Å². The monoisotopic (exact) mass is 389 g/mol. The molecule has 1 aliphatic rings. The van der Waals surface area contributed by atoms with Gasteiger partial charge >= 0.3 is 0 Å². The molecule has 1 aromatic heterocycles. The molecule has 4 rings (SSSR count). The van der Waals surface area contributed by atoms with Crippen molar-refractivity contribution in [3.8, 4) is 0 Å². The number of amides is 2. The molecule has 0 saturated carbocycles. The molecule has 1 fully saturated rings. The fraction of sp³-hybridized carbons (Fsp3) is 0.261. The van der Waals surface area contributed by atoms with E-state index < -0.39 is 0 Å². The SMILES string of the molecule is Cc1cc(C(=O)Nc2ccccc2C(=O)NCC2CCCO2)c2ccccc2n1. The van der Waals surface area contributed by atoms with Crippen LogP contribution in [0, 0.1) is 6.92 Å². The summed E-state index contributed by atoms with van der Waals surface area (Å²) in [7, 11) is 0. The number of ether oxygens (including phenoxy) is 1. The van der Waals surface area contributed by atoms with Crippen LogP contribution in [0.15, 0.2) is 54.6 Å². The van der Waals surface area contributed by atoms with Gasteiger partial charge in [-0.25, -0.2) is 0 Å². The molecule has 148 valence electrons. The lowest BCUT2D eigenvalue weighted by atomic mass is 10.1. The summed E-state index contributed by atoms with van der Waals surface area (Å²) in [5.74, 6) is -0.502. The molecule has 0 bridgehead atoms. The Morgan fingerprint density at radius 2 is 1.86 bits per heavy atom. The zero-order chi connectivity index (χ0) is 20.2. The molecule has 2 N–H and O–H groups in total. The van der Waals surface area contributed by atoms with Crippen molar-refractivity contribution in [1.29, 1.82) is 0 Å². The highest BCUT2D eigenvalue weighted by atomic mass is 16.5. The van der Waals surface area contributed by atoms with E-state index in [1.807, 2.05) is 31.2 Å². The third-order valence-corrected chi connectivity index (χ3v) is 5.02. The number of pyridine rings is 1. The van der Waals surface area contributed by atoms with E-state index in [-0.39, 0.29) is 17.9 Å². The molecule has 2 aromatic carbocycles. The Kier molecular flexibility index (Phi) is 5.53. The minimum atomic E-state index is -0.272. The summed E-state index contributed by atoms with van der Waals surface area (Å²) < 4.78 is 5.55. The Labute approximate surface area is 169 Å². The van der Waals surface area contributed by atoms with Crippen molar-refractivity contribution in [2.75, 3.05) is 18.5 Å². The maximum absolute atomic E-state index is 13.0. The molecular weight excluding hydrogens is 366 g/mol. The van der Waals surface area contributed by atoms with Crippen molar-refractivity contribution in [2.24, 2.45) is 0 Å². The quantitative estimate of drug-likeness (QED) is 0.697. The number of anilines is 1. The van der Waals surface area contributed by atoms with Gasteiger partial charge in [0.2, 0.25) is 0 Å². The van der Waals surface area contributed by atoms with Gasteiger partial charge in [0.1, 0.15) is 0 Å². The van der Waals surface area contributed by atoms with Gasteiger partial charge in [0.25, 0.3) is 11.8 Å². The van der Waals surface area contributed by atoms with Crippen LogP contribution < -0.4 is 10.6 Å². The highest BCUT2D eigenvalue weighted by molar-refractivity contribution is 6.14. The third kappa shape index (κ3) is 4.27. The number of hydrogen-bond acceptors (Lipinski definition) is 4. The topological polar surface area (TPSA) is 80.3 Å². The minimum Gasteiger partial charge on any atom is -0.376 e. The first-order valence-corrected chi connectivity index (χ1v) is 9.78. The van der Waals surface area contributed by atoms with Crippen LogP contribution in [0.2, 0.25) is 0 Å². The van der Waals surface area contributed by atoms with Crippen LogP contribution in [0.4, 0.5) is 5.69 Å². The number of benzene rings is 2. The van der Waals surface area contributed by atoms with E-state index in [1.54, 1.807) is 30.3 Å². The molecule has 1 saturated heterocycles. The standard InChI is InChI=1S/C23H23N3O3/c1-15-13-19(17-8-2-4-10-20(17)25-15)23(28)26-21-11-5-3-9-18(21)22(27)24-14-16-7-6-12-29-16/h2-5,8-11,13,16H,6-7,12,14H2,1H3,(H,24,27)(H,26,28). The summed E-state index contributed by atoms with van der Waals surface area (Å²) >= 11 is 0. The summed E-state index contributed by atoms with van der Waals surface area (Å²) in [5, 5.41) is 6.58. The van der Waals surface area contributed by atoms with E-state index in [1.165, 1.54) is 0 Å². The molecule has 0 aliphatic carbocycles. The maximum atomic E-state index is 13.0. The number of rotatable bonds is 5. The number of nitrogens with one attached hydrogen (secondary N) is 2. The summed E-state index contributed by atoms with van der Waals surface area (Å²) in [6.07, 6.45) is 2.03. The summed E-state index contributed by atoms with van der Waals surface area (Å²) in [6.45, 7) is 3.07. The number of carbonyl (C=O) groups is 2. The smallest absolute Gasteiger partial charge is 0.256 e. The van der Waals surface area contributed by atoms with Crippen molar-refractivity contribution in [3.05, 3.63) is 71.4 Å². The lowest BCUT2D eigenvalue weighted by Gasteiger charge is -2.14. The lowest BCUT2D eigenvalue weighted by Crippen LogP contribution is -2.32. The highest BCUT2D eigenvalue weighted by Crippen LogP contribution is 2.21. The van der Waals surface area contributed by atoms with Crippen molar-refractivity contribution in [1.82, 2.24) is 10.3 Å². The van der Waals surface area contributed by atoms with E-state index in [4.69, 9.17) is 4.74 Å². The Morgan fingerprint density at radius 3 is 2.69 bits per heavy atom. The summed E-state index contributed by atoms with van der Waals surface area (Å²) in [4.78, 5) is 30.2. The van der Waals surface area contributed by atoms with Crippen LogP contribution in [0.3, 0.4) is 0 Å². The Hall–Kier alpha value is -3.25. The van der Waals surface area contributed by atoms with E-state index >= 15 is 0 Å². The van der Waals surface area contributed by atoms with Gasteiger partial charge < -0.3 is 15.4 Å². The number of aromatic nitrogens is 1. The molecule has 1 aliphatic heterocycles. The van der Waals surface area contributed by atoms with Crippen LogP contribution in [-0.2, 0) is 4.74 Å². The van der Waals surface area contributed by atoms with Crippen LogP contribution in [-0.4, -0.2) is 36.1 Å². The second-order valence-corrected chi connectivity index (χ2v) is 7.17. The normalized spacial score (nSPS) is 16.0. The van der Waals surface area contributed by atoms with Gasteiger partial charge in [-0.2, -0.15) is 0 Å². The minimum absolute atomic E-state index is 0.0619. The Morgan fingerprint density at radius 1 is 1.07 bits per heavy atom. The molecule has 29 heavy (non-hydrogen) atoms. The molecular formula is C23H23N3O3. The zero-order valence-electron chi connectivity index (χ0n) is 16.3. The van der Waals surface area contributed by atoms with Gasteiger partial charge in [0, 0.05) is 24.2 Å². The average molecular weight is 389 g/mol. The summed E-state index contributed by atoms with van der Waals surface area (Å²) in [6, 6.07) is 16.3. The fourth-order valence-electron chi connectivity index (χ4n) is 3.58. The average Bonchev–Trinajstić information content (AvgIpc) is 3.25. The van der Waals surface area contributed by atoms with E-state index in [0.717, 1.165) is 36.0 Å². The van der Waals surface area contributed by atoms with Crippen LogP contribution in [0.1, 0.15) is 39.3 Å². The molecule has 6 heteroatoms. The lowest BCUT2D eigenvalue weighted by molar-refractivity contribution is 0.0858. The molecule has 6 nitrogen and oxygen atoms in total. The maximum Gasteiger partial charge on any atom is 0.256 e. The number of carbonyl (C=O) groups excluding carboxylic acids is 2. The van der Waals surface area contributed by atoms with Crippen molar-refractivity contribution < 1.29 is 14.3 Å². The van der Waals surface area contributed by atoms with E-state index in [2.05, 4.69) is 15.6 Å². The number of aryl methyl sites for hydroxylation is 1. The number of nitrogens with zero attached hydrogens (tertiary/aromatic N) is 1. The van der Waals surface area contributed by atoms with Gasteiger partial charge in [-0.05, 0) is 44.0 Å². The number of hydrogen-bond donors (Lipinski definition) is 2. The molecule has 0 spiro atoms. The second-order valence-electron chi connectivity index (χ2n) is 7.17.